The maximum atomic E-state index is 14.2. The molecule has 1 aliphatic heterocycles. The number of hydrogen-bond acceptors (Lipinski definition) is 10. The predicted molar refractivity (Wildman–Crippen MR) is 136 cm³/mol. The van der Waals surface area contributed by atoms with Crippen molar-refractivity contribution < 1.29 is 13.9 Å². The van der Waals surface area contributed by atoms with Crippen molar-refractivity contribution in [2.45, 2.75) is 0 Å². The third kappa shape index (κ3) is 5.88. The van der Waals surface area contributed by atoms with E-state index >= 15 is 0 Å². The molecule has 1 aliphatic rings. The van der Waals surface area contributed by atoms with Gasteiger partial charge in [-0.05, 0) is 36.4 Å². The molecule has 3 N–H and O–H groups in total. The molecule has 0 unspecified atom stereocenters. The number of pyridine rings is 1. The highest BCUT2D eigenvalue weighted by Gasteiger charge is 2.18. The zero-order chi connectivity index (χ0) is 25.6. The molecule has 188 valence electrons. The third-order valence-corrected chi connectivity index (χ3v) is 5.75. The number of hydrazine groups is 1. The van der Waals surface area contributed by atoms with Crippen LogP contribution in [0.4, 0.5) is 27.5 Å². The van der Waals surface area contributed by atoms with Gasteiger partial charge in [-0.1, -0.05) is 17.7 Å². The highest BCUT2D eigenvalue weighted by atomic mass is 35.5. The molecule has 1 saturated heterocycles. The van der Waals surface area contributed by atoms with Gasteiger partial charge in [-0.15, -0.1) is 0 Å². The molecule has 1 aromatic carbocycles. The SMILES string of the molecule is O=C(NNc1ncc(F)c(N2CCOCC2)n1)c1ccc(Nc2ccc(-c3cccnn3)cc2Cl)cn1. The lowest BCUT2D eigenvalue weighted by Crippen LogP contribution is -2.38. The van der Waals surface area contributed by atoms with E-state index in [1.165, 1.54) is 6.20 Å². The first kappa shape index (κ1) is 24.3. The Hall–Kier alpha value is -4.42. The Morgan fingerprint density at radius 3 is 2.68 bits per heavy atom. The molecule has 0 radical (unpaired) electrons. The van der Waals surface area contributed by atoms with Gasteiger partial charge in [0.25, 0.3) is 5.91 Å². The molecule has 37 heavy (non-hydrogen) atoms. The summed E-state index contributed by atoms with van der Waals surface area (Å²) in [5.74, 6) is -0.869. The van der Waals surface area contributed by atoms with Crippen molar-refractivity contribution >= 4 is 40.6 Å². The lowest BCUT2D eigenvalue weighted by Gasteiger charge is -2.28. The summed E-state index contributed by atoms with van der Waals surface area (Å²) in [4.78, 5) is 26.5. The fraction of sp³-hybridized carbons (Fsp3) is 0.167. The number of halogens is 2. The van der Waals surface area contributed by atoms with Crippen molar-refractivity contribution in [1.29, 1.82) is 0 Å². The van der Waals surface area contributed by atoms with Crippen LogP contribution < -0.4 is 21.1 Å². The fourth-order valence-corrected chi connectivity index (χ4v) is 3.81. The standard InChI is InChI=1S/C24H21ClFN9O2/c25-17-12-15(19-2-1-7-29-32-19)3-5-20(17)30-16-4-6-21(27-13-16)23(36)33-34-24-28-14-18(26)22(31-24)35-8-10-37-11-9-35/h1-7,12-14,30H,8-11H2,(H,33,36)(H,28,31,34). The minimum Gasteiger partial charge on any atom is -0.378 e. The topological polar surface area (TPSA) is 130 Å². The van der Waals surface area contributed by atoms with Gasteiger partial charge in [0, 0.05) is 24.8 Å². The maximum Gasteiger partial charge on any atom is 0.288 e. The monoisotopic (exact) mass is 521 g/mol. The smallest absolute Gasteiger partial charge is 0.288 e. The van der Waals surface area contributed by atoms with E-state index in [1.807, 2.05) is 18.2 Å². The summed E-state index contributed by atoms with van der Waals surface area (Å²) in [5, 5.41) is 11.6. The average molecular weight is 522 g/mol. The number of nitrogens with zero attached hydrogens (tertiary/aromatic N) is 6. The van der Waals surface area contributed by atoms with E-state index in [-0.39, 0.29) is 17.5 Å². The van der Waals surface area contributed by atoms with Crippen LogP contribution in [0.15, 0.2) is 61.1 Å². The molecule has 0 spiro atoms. The Morgan fingerprint density at radius 1 is 1.08 bits per heavy atom. The predicted octanol–water partition coefficient (Wildman–Crippen LogP) is 3.46. The molecule has 5 rings (SSSR count). The molecule has 1 amide bonds. The number of benzene rings is 1. The van der Waals surface area contributed by atoms with Crippen molar-refractivity contribution in [3.63, 3.8) is 0 Å². The highest BCUT2D eigenvalue weighted by molar-refractivity contribution is 6.33. The van der Waals surface area contributed by atoms with E-state index in [1.54, 1.807) is 35.4 Å². The lowest BCUT2D eigenvalue weighted by molar-refractivity contribution is 0.0957. The number of aromatic nitrogens is 5. The van der Waals surface area contributed by atoms with E-state index in [9.17, 15) is 9.18 Å². The first-order chi connectivity index (χ1) is 18.1. The number of rotatable bonds is 7. The summed E-state index contributed by atoms with van der Waals surface area (Å²) in [6, 6.07) is 12.4. The van der Waals surface area contributed by atoms with Crippen LogP contribution in [0.3, 0.4) is 0 Å². The highest BCUT2D eigenvalue weighted by Crippen LogP contribution is 2.29. The van der Waals surface area contributed by atoms with Crippen LogP contribution in [0.5, 0.6) is 0 Å². The van der Waals surface area contributed by atoms with Crippen molar-refractivity contribution in [3.05, 3.63) is 77.6 Å². The summed E-state index contributed by atoms with van der Waals surface area (Å²) >= 11 is 6.43. The fourth-order valence-electron chi connectivity index (χ4n) is 3.58. The number of amides is 1. The molecule has 0 bridgehead atoms. The second-order valence-corrected chi connectivity index (χ2v) is 8.31. The second-order valence-electron chi connectivity index (χ2n) is 7.90. The summed E-state index contributed by atoms with van der Waals surface area (Å²) in [5.41, 5.74) is 8.07. The molecule has 0 atom stereocenters. The average Bonchev–Trinajstić information content (AvgIpc) is 2.95. The van der Waals surface area contributed by atoms with Crippen LogP contribution in [0.1, 0.15) is 10.5 Å². The number of morpholine rings is 1. The zero-order valence-corrected chi connectivity index (χ0v) is 20.1. The summed E-state index contributed by atoms with van der Waals surface area (Å²) in [7, 11) is 0. The molecule has 0 saturated carbocycles. The van der Waals surface area contributed by atoms with Crippen LogP contribution in [0.2, 0.25) is 5.02 Å². The minimum absolute atomic E-state index is 0.0501. The van der Waals surface area contributed by atoms with Gasteiger partial charge in [0.1, 0.15) is 5.69 Å². The van der Waals surface area contributed by atoms with Gasteiger partial charge in [-0.3, -0.25) is 15.6 Å². The van der Waals surface area contributed by atoms with Crippen molar-refractivity contribution in [2.24, 2.45) is 0 Å². The summed E-state index contributed by atoms with van der Waals surface area (Å²) < 4.78 is 19.5. The lowest BCUT2D eigenvalue weighted by atomic mass is 10.1. The number of ether oxygens (including phenoxy) is 1. The quantitative estimate of drug-likeness (QED) is 0.311. The molecule has 1 fully saturated rings. The van der Waals surface area contributed by atoms with Gasteiger partial charge in [-0.25, -0.2) is 14.4 Å². The van der Waals surface area contributed by atoms with E-state index < -0.39 is 11.7 Å². The first-order valence-corrected chi connectivity index (χ1v) is 11.7. The summed E-state index contributed by atoms with van der Waals surface area (Å²) in [6.45, 7) is 2.00. The normalized spacial score (nSPS) is 13.2. The Labute approximate surface area is 216 Å². The van der Waals surface area contributed by atoms with Gasteiger partial charge in [-0.2, -0.15) is 15.2 Å². The third-order valence-electron chi connectivity index (χ3n) is 5.44. The van der Waals surface area contributed by atoms with Crippen LogP contribution in [0.25, 0.3) is 11.3 Å². The minimum atomic E-state index is -0.549. The van der Waals surface area contributed by atoms with Crippen molar-refractivity contribution in [2.75, 3.05) is 41.9 Å². The van der Waals surface area contributed by atoms with Gasteiger partial charge in [0.05, 0.1) is 47.7 Å². The van der Waals surface area contributed by atoms with E-state index in [0.717, 1.165) is 11.8 Å². The first-order valence-electron chi connectivity index (χ1n) is 11.3. The van der Waals surface area contributed by atoms with Gasteiger partial charge in [0.2, 0.25) is 5.95 Å². The van der Waals surface area contributed by atoms with Crippen molar-refractivity contribution in [1.82, 2.24) is 30.6 Å². The molecule has 11 nitrogen and oxygen atoms in total. The number of nitrogens with one attached hydrogen (secondary N) is 3. The van der Waals surface area contributed by atoms with E-state index in [2.05, 4.69) is 41.3 Å². The van der Waals surface area contributed by atoms with Crippen molar-refractivity contribution in [3.8, 4) is 11.3 Å². The Kier molecular flexibility index (Phi) is 7.28. The van der Waals surface area contributed by atoms with E-state index in [0.29, 0.717) is 48.4 Å². The summed E-state index contributed by atoms with van der Waals surface area (Å²) in [6.07, 6.45) is 4.16. The Morgan fingerprint density at radius 2 is 1.95 bits per heavy atom. The second kappa shape index (κ2) is 11.1. The number of anilines is 4. The molecular weight excluding hydrogens is 501 g/mol. The molecular formula is C24H21ClFN9O2. The Balaban J connectivity index is 1.19. The molecule has 4 aromatic rings. The van der Waals surface area contributed by atoms with E-state index in [4.69, 9.17) is 16.3 Å². The van der Waals surface area contributed by atoms with Gasteiger partial charge < -0.3 is 15.0 Å². The molecule has 4 heterocycles. The van der Waals surface area contributed by atoms with Crippen LogP contribution in [-0.2, 0) is 4.74 Å². The Bertz CT molecular complexity index is 1390. The molecule has 3 aromatic heterocycles. The number of carbonyl (C=O) groups excluding carboxylic acids is 1. The largest absolute Gasteiger partial charge is 0.378 e. The van der Waals surface area contributed by atoms with Crippen LogP contribution in [-0.4, -0.2) is 57.4 Å². The number of hydrogen-bond donors (Lipinski definition) is 3. The van der Waals surface area contributed by atoms with Crippen LogP contribution in [0, 0.1) is 5.82 Å². The molecule has 13 heteroatoms. The number of carbonyl (C=O) groups is 1. The zero-order valence-electron chi connectivity index (χ0n) is 19.4. The van der Waals surface area contributed by atoms with Gasteiger partial charge >= 0.3 is 0 Å². The maximum absolute atomic E-state index is 14.2. The van der Waals surface area contributed by atoms with Crippen LogP contribution >= 0.6 is 11.6 Å². The van der Waals surface area contributed by atoms with Gasteiger partial charge in [0.15, 0.2) is 11.6 Å². The molecule has 0 aliphatic carbocycles.